The zero-order valence-corrected chi connectivity index (χ0v) is 11.5. The van der Waals surface area contributed by atoms with E-state index in [1.165, 1.54) is 16.9 Å². The third-order valence-electron chi connectivity index (χ3n) is 2.79. The van der Waals surface area contributed by atoms with E-state index in [-0.39, 0.29) is 0 Å². The first-order valence-corrected chi connectivity index (χ1v) is 6.94. The Morgan fingerprint density at radius 2 is 1.47 bits per heavy atom. The smallest absolute Gasteiger partial charge is 0.0410 e. The molecule has 0 N–H and O–H groups in total. The van der Waals surface area contributed by atoms with Gasteiger partial charge in [-0.3, -0.25) is 0 Å². The minimum atomic E-state index is 0.907. The van der Waals surface area contributed by atoms with E-state index in [1.807, 2.05) is 6.07 Å². The van der Waals surface area contributed by atoms with Crippen LogP contribution in [0.15, 0.2) is 54.6 Å². The van der Waals surface area contributed by atoms with Crippen LogP contribution in [0.5, 0.6) is 0 Å². The molecule has 0 radical (unpaired) electrons. The molecule has 0 saturated carbocycles. The van der Waals surface area contributed by atoms with Crippen molar-refractivity contribution >= 4 is 27.3 Å². The molecule has 0 amide bonds. The molecule has 1 nitrogen and oxygen atoms in total. The highest BCUT2D eigenvalue weighted by atomic mass is 79.9. The summed E-state index contributed by atoms with van der Waals surface area (Å²) in [6.07, 6.45) is 0. The third kappa shape index (κ3) is 2.89. The molecule has 2 heteroatoms. The molecule has 0 aliphatic heterocycles. The maximum absolute atomic E-state index is 3.47. The summed E-state index contributed by atoms with van der Waals surface area (Å²) in [5.41, 5.74) is 3.78. The van der Waals surface area contributed by atoms with Crippen molar-refractivity contribution < 1.29 is 0 Å². The van der Waals surface area contributed by atoms with Gasteiger partial charge in [0.25, 0.3) is 0 Å². The Labute approximate surface area is 111 Å². The summed E-state index contributed by atoms with van der Waals surface area (Å²) in [5, 5.41) is 0.907. The summed E-state index contributed by atoms with van der Waals surface area (Å²) in [4.78, 5) is 2.30. The molecule has 0 spiro atoms. The fraction of sp³-hybridized carbons (Fsp3) is 0.200. The summed E-state index contributed by atoms with van der Waals surface area (Å²) >= 11 is 3.47. The van der Waals surface area contributed by atoms with Crippen molar-refractivity contribution in [2.75, 3.05) is 11.4 Å². The van der Waals surface area contributed by atoms with Crippen molar-refractivity contribution in [2.24, 2.45) is 0 Å². The van der Waals surface area contributed by atoms with E-state index in [0.717, 1.165) is 11.9 Å². The Kier molecular flexibility index (Phi) is 4.21. The third-order valence-corrected chi connectivity index (χ3v) is 3.43. The largest absolute Gasteiger partial charge is 0.342 e. The molecule has 0 aliphatic rings. The highest BCUT2D eigenvalue weighted by molar-refractivity contribution is 9.08. The maximum atomic E-state index is 3.47. The summed E-state index contributed by atoms with van der Waals surface area (Å²) in [7, 11) is 0. The topological polar surface area (TPSA) is 3.24 Å². The lowest BCUT2D eigenvalue weighted by Crippen LogP contribution is -2.15. The van der Waals surface area contributed by atoms with Crippen LogP contribution in [0.1, 0.15) is 12.5 Å². The summed E-state index contributed by atoms with van der Waals surface area (Å²) in [6, 6.07) is 19.1. The fourth-order valence-electron chi connectivity index (χ4n) is 1.89. The van der Waals surface area contributed by atoms with Crippen LogP contribution in [0, 0.1) is 0 Å². The normalized spacial score (nSPS) is 10.2. The standard InChI is InChI=1S/C15H16BrN/c1-2-17(14-6-4-3-5-7-14)15-10-8-13(12-16)9-11-15/h3-11H,2,12H2,1H3. The van der Waals surface area contributed by atoms with Gasteiger partial charge in [-0.15, -0.1) is 0 Å². The first kappa shape index (κ1) is 12.2. The van der Waals surface area contributed by atoms with E-state index in [4.69, 9.17) is 0 Å². The molecule has 0 fully saturated rings. The molecule has 88 valence electrons. The number of anilines is 2. The Morgan fingerprint density at radius 1 is 0.882 bits per heavy atom. The molecule has 0 saturated heterocycles. The Balaban J connectivity index is 2.29. The SMILES string of the molecule is CCN(c1ccccc1)c1ccc(CBr)cc1. The molecule has 0 bridgehead atoms. The second kappa shape index (κ2) is 5.87. The molecule has 0 atom stereocenters. The number of benzene rings is 2. The van der Waals surface area contributed by atoms with Crippen molar-refractivity contribution in [1.82, 2.24) is 0 Å². The summed E-state index contributed by atoms with van der Waals surface area (Å²) < 4.78 is 0. The highest BCUT2D eigenvalue weighted by Crippen LogP contribution is 2.25. The van der Waals surface area contributed by atoms with Crippen LogP contribution in [-0.4, -0.2) is 6.54 Å². The molecule has 0 aliphatic carbocycles. The van der Waals surface area contributed by atoms with Crippen LogP contribution in [0.4, 0.5) is 11.4 Å². The second-order valence-electron chi connectivity index (χ2n) is 3.88. The van der Waals surface area contributed by atoms with Gasteiger partial charge in [-0.05, 0) is 36.8 Å². The van der Waals surface area contributed by atoms with E-state index in [9.17, 15) is 0 Å². The molecule has 0 aromatic heterocycles. The lowest BCUT2D eigenvalue weighted by atomic mass is 10.2. The molecule has 17 heavy (non-hydrogen) atoms. The number of hydrogen-bond acceptors (Lipinski definition) is 1. The lowest BCUT2D eigenvalue weighted by molar-refractivity contribution is 1.02. The van der Waals surface area contributed by atoms with E-state index in [0.29, 0.717) is 0 Å². The predicted molar refractivity (Wildman–Crippen MR) is 78.2 cm³/mol. The van der Waals surface area contributed by atoms with Crippen LogP contribution in [-0.2, 0) is 5.33 Å². The number of nitrogens with zero attached hydrogens (tertiary/aromatic N) is 1. The number of alkyl halides is 1. The van der Waals surface area contributed by atoms with Crippen molar-refractivity contribution in [2.45, 2.75) is 12.3 Å². The van der Waals surface area contributed by atoms with Gasteiger partial charge in [0.05, 0.1) is 0 Å². The van der Waals surface area contributed by atoms with E-state index >= 15 is 0 Å². The Bertz CT molecular complexity index is 450. The average molecular weight is 290 g/mol. The van der Waals surface area contributed by atoms with Gasteiger partial charge in [0.15, 0.2) is 0 Å². The summed E-state index contributed by atoms with van der Waals surface area (Å²) in [5.74, 6) is 0. The lowest BCUT2D eigenvalue weighted by Gasteiger charge is -2.23. The molecule has 2 aromatic rings. The molecule has 2 aromatic carbocycles. The number of halogens is 1. The van der Waals surface area contributed by atoms with Crippen molar-refractivity contribution in [3.8, 4) is 0 Å². The van der Waals surface area contributed by atoms with Gasteiger partial charge < -0.3 is 4.90 Å². The maximum Gasteiger partial charge on any atom is 0.0410 e. The fourth-order valence-corrected chi connectivity index (χ4v) is 2.26. The zero-order chi connectivity index (χ0) is 12.1. The average Bonchev–Trinajstić information content (AvgIpc) is 2.42. The van der Waals surface area contributed by atoms with Crippen LogP contribution in [0.2, 0.25) is 0 Å². The Morgan fingerprint density at radius 3 is 2.00 bits per heavy atom. The summed E-state index contributed by atoms with van der Waals surface area (Å²) in [6.45, 7) is 3.14. The minimum Gasteiger partial charge on any atom is -0.342 e. The number of para-hydroxylation sites is 1. The van der Waals surface area contributed by atoms with Crippen LogP contribution >= 0.6 is 15.9 Å². The van der Waals surface area contributed by atoms with Gasteiger partial charge in [-0.25, -0.2) is 0 Å². The minimum absolute atomic E-state index is 0.907. The van der Waals surface area contributed by atoms with Crippen molar-refractivity contribution in [3.63, 3.8) is 0 Å². The molecular formula is C15H16BrN. The Hall–Kier alpha value is -1.28. The van der Waals surface area contributed by atoms with Gasteiger partial charge in [0.1, 0.15) is 0 Å². The van der Waals surface area contributed by atoms with E-state index < -0.39 is 0 Å². The van der Waals surface area contributed by atoms with Gasteiger partial charge in [0, 0.05) is 23.2 Å². The molecule has 2 rings (SSSR count). The quantitative estimate of drug-likeness (QED) is 0.735. The molecule has 0 heterocycles. The molecule has 0 unspecified atom stereocenters. The van der Waals surface area contributed by atoms with Gasteiger partial charge in [0.2, 0.25) is 0 Å². The van der Waals surface area contributed by atoms with Crippen LogP contribution in [0.25, 0.3) is 0 Å². The molecular weight excluding hydrogens is 274 g/mol. The van der Waals surface area contributed by atoms with E-state index in [2.05, 4.69) is 76.3 Å². The number of rotatable bonds is 4. The number of hydrogen-bond donors (Lipinski definition) is 0. The van der Waals surface area contributed by atoms with Gasteiger partial charge in [-0.2, -0.15) is 0 Å². The van der Waals surface area contributed by atoms with Gasteiger partial charge in [-0.1, -0.05) is 46.3 Å². The zero-order valence-electron chi connectivity index (χ0n) is 9.94. The van der Waals surface area contributed by atoms with Crippen LogP contribution in [0.3, 0.4) is 0 Å². The first-order valence-electron chi connectivity index (χ1n) is 5.82. The monoisotopic (exact) mass is 289 g/mol. The second-order valence-corrected chi connectivity index (χ2v) is 4.44. The van der Waals surface area contributed by atoms with Crippen molar-refractivity contribution in [1.29, 1.82) is 0 Å². The van der Waals surface area contributed by atoms with Crippen molar-refractivity contribution in [3.05, 3.63) is 60.2 Å². The van der Waals surface area contributed by atoms with Gasteiger partial charge >= 0.3 is 0 Å². The van der Waals surface area contributed by atoms with E-state index in [1.54, 1.807) is 0 Å². The first-order chi connectivity index (χ1) is 8.35. The highest BCUT2D eigenvalue weighted by Gasteiger charge is 2.05. The van der Waals surface area contributed by atoms with Crippen LogP contribution < -0.4 is 4.90 Å². The predicted octanol–water partition coefficient (Wildman–Crippen LogP) is 4.74.